The smallest absolute Gasteiger partial charge is 0.180 e. The molecule has 2 atom stereocenters. The van der Waals surface area contributed by atoms with Gasteiger partial charge in [0.05, 0.1) is 18.2 Å². The summed E-state index contributed by atoms with van der Waals surface area (Å²) in [6.45, 7) is 6.28. The molecule has 27 heavy (non-hydrogen) atoms. The fourth-order valence-electron chi connectivity index (χ4n) is 3.99. The third-order valence-electron chi connectivity index (χ3n) is 5.29. The van der Waals surface area contributed by atoms with Crippen molar-refractivity contribution in [3.05, 3.63) is 66.9 Å². The maximum atomic E-state index is 12.2. The molecule has 0 radical (unpaired) electrons. The molecule has 5 nitrogen and oxygen atoms in total. The van der Waals surface area contributed by atoms with E-state index < -0.39 is 6.10 Å². The molecule has 0 amide bonds. The summed E-state index contributed by atoms with van der Waals surface area (Å²) in [4.78, 5) is 16.9. The van der Waals surface area contributed by atoms with Crippen LogP contribution in [0.2, 0.25) is 0 Å². The van der Waals surface area contributed by atoms with Crippen molar-refractivity contribution in [1.82, 2.24) is 0 Å². The topological polar surface area (TPSA) is 53.0 Å². The van der Waals surface area contributed by atoms with E-state index in [-0.39, 0.29) is 17.6 Å². The first-order valence-electron chi connectivity index (χ1n) is 9.33. The number of ketones is 1. The number of piperazine rings is 1. The summed E-state index contributed by atoms with van der Waals surface area (Å²) in [6, 6.07) is 17.7. The van der Waals surface area contributed by atoms with Gasteiger partial charge in [0.1, 0.15) is 5.75 Å². The van der Waals surface area contributed by atoms with E-state index in [1.54, 1.807) is 12.1 Å². The van der Waals surface area contributed by atoms with Gasteiger partial charge in [0, 0.05) is 43.5 Å². The molecule has 2 aliphatic rings. The lowest BCUT2D eigenvalue weighted by atomic mass is 10.0. The highest BCUT2D eigenvalue weighted by Crippen LogP contribution is 2.30. The third kappa shape index (κ3) is 3.77. The second-order valence-electron chi connectivity index (χ2n) is 7.17. The zero-order valence-corrected chi connectivity index (χ0v) is 15.3. The van der Waals surface area contributed by atoms with Crippen molar-refractivity contribution in [2.75, 3.05) is 29.4 Å². The Morgan fingerprint density at radius 3 is 2.56 bits per heavy atom. The molecule has 0 spiro atoms. The fraction of sp³-hybridized carbons (Fsp3) is 0.318. The maximum Gasteiger partial charge on any atom is 0.180 e. The number of rotatable bonds is 4. The molecule has 0 saturated carbocycles. The summed E-state index contributed by atoms with van der Waals surface area (Å²) in [7, 11) is 0. The number of allylic oxidation sites excluding steroid dienone is 1. The Morgan fingerprint density at radius 1 is 1.07 bits per heavy atom. The van der Waals surface area contributed by atoms with Crippen LogP contribution >= 0.6 is 0 Å². The summed E-state index contributed by atoms with van der Waals surface area (Å²) < 4.78 is 5.69. The van der Waals surface area contributed by atoms with E-state index in [9.17, 15) is 9.90 Å². The van der Waals surface area contributed by atoms with Crippen LogP contribution in [-0.4, -0.2) is 42.7 Å². The normalized spacial score (nSPS) is 22.8. The van der Waals surface area contributed by atoms with Gasteiger partial charge < -0.3 is 19.6 Å². The van der Waals surface area contributed by atoms with Crippen LogP contribution in [0, 0.1) is 0 Å². The zero-order valence-electron chi connectivity index (χ0n) is 15.3. The highest BCUT2D eigenvalue weighted by molar-refractivity contribution is 5.87. The van der Waals surface area contributed by atoms with E-state index in [4.69, 9.17) is 4.74 Å². The number of benzene rings is 2. The van der Waals surface area contributed by atoms with Crippen LogP contribution in [0.1, 0.15) is 12.8 Å². The van der Waals surface area contributed by atoms with Crippen molar-refractivity contribution < 1.29 is 14.6 Å². The van der Waals surface area contributed by atoms with Gasteiger partial charge in [-0.2, -0.15) is 0 Å². The molecule has 2 saturated heterocycles. The minimum Gasteiger partial charge on any atom is -0.508 e. The molecule has 2 fully saturated rings. The Labute approximate surface area is 159 Å². The minimum absolute atomic E-state index is 0.0978. The van der Waals surface area contributed by atoms with Gasteiger partial charge >= 0.3 is 0 Å². The molecular formula is C22H24N2O3. The van der Waals surface area contributed by atoms with Gasteiger partial charge in [0.25, 0.3) is 0 Å². The summed E-state index contributed by atoms with van der Waals surface area (Å²) >= 11 is 0. The molecule has 2 aliphatic heterocycles. The monoisotopic (exact) mass is 364 g/mol. The number of hydrogen-bond donors (Lipinski definition) is 1. The Kier molecular flexibility index (Phi) is 4.75. The van der Waals surface area contributed by atoms with E-state index in [0.717, 1.165) is 25.3 Å². The Hall–Kier alpha value is -2.95. The SMILES string of the molecule is C=C1CC(=O)C(CC2CN(c3ccccc3)CCN2c2cccc(O)c2)O1. The molecular weight excluding hydrogens is 340 g/mol. The van der Waals surface area contributed by atoms with E-state index in [2.05, 4.69) is 28.5 Å². The van der Waals surface area contributed by atoms with Gasteiger partial charge in [-0.05, 0) is 24.3 Å². The van der Waals surface area contributed by atoms with Crippen LogP contribution in [0.25, 0.3) is 0 Å². The van der Waals surface area contributed by atoms with Crippen molar-refractivity contribution in [1.29, 1.82) is 0 Å². The molecule has 2 unspecified atom stereocenters. The summed E-state index contributed by atoms with van der Waals surface area (Å²) in [5.74, 6) is 0.913. The van der Waals surface area contributed by atoms with Crippen LogP contribution in [0.15, 0.2) is 66.9 Å². The average Bonchev–Trinajstić information content (AvgIpc) is 2.99. The van der Waals surface area contributed by atoms with E-state index in [1.165, 1.54) is 5.69 Å². The first-order valence-corrected chi connectivity index (χ1v) is 9.33. The predicted octanol–water partition coefficient (Wildman–Crippen LogP) is 3.35. The minimum atomic E-state index is -0.432. The molecule has 2 heterocycles. The second-order valence-corrected chi connectivity index (χ2v) is 7.17. The molecule has 1 N–H and O–H groups in total. The molecule has 0 aliphatic carbocycles. The van der Waals surface area contributed by atoms with Gasteiger partial charge in [-0.25, -0.2) is 0 Å². The molecule has 140 valence electrons. The number of para-hydroxylation sites is 1. The van der Waals surface area contributed by atoms with Gasteiger partial charge in [-0.15, -0.1) is 0 Å². The van der Waals surface area contributed by atoms with Crippen molar-refractivity contribution in [2.45, 2.75) is 25.0 Å². The van der Waals surface area contributed by atoms with Crippen molar-refractivity contribution >= 4 is 17.2 Å². The maximum absolute atomic E-state index is 12.2. The lowest BCUT2D eigenvalue weighted by molar-refractivity contribution is -0.122. The second kappa shape index (κ2) is 7.35. The van der Waals surface area contributed by atoms with Gasteiger partial charge in [0.2, 0.25) is 0 Å². The average molecular weight is 364 g/mol. The number of hydrogen-bond acceptors (Lipinski definition) is 5. The number of phenolic OH excluding ortho intramolecular Hbond substituents is 1. The number of nitrogens with zero attached hydrogens (tertiary/aromatic N) is 2. The highest BCUT2D eigenvalue weighted by atomic mass is 16.5. The van der Waals surface area contributed by atoms with Crippen LogP contribution in [0.3, 0.4) is 0 Å². The first-order chi connectivity index (χ1) is 13.1. The number of carbonyl (C=O) groups is 1. The van der Waals surface area contributed by atoms with E-state index >= 15 is 0 Å². The zero-order chi connectivity index (χ0) is 18.8. The van der Waals surface area contributed by atoms with Crippen molar-refractivity contribution in [3.63, 3.8) is 0 Å². The fourth-order valence-corrected chi connectivity index (χ4v) is 3.99. The molecule has 0 aromatic heterocycles. The van der Waals surface area contributed by atoms with Gasteiger partial charge in [0.15, 0.2) is 11.9 Å². The lowest BCUT2D eigenvalue weighted by Gasteiger charge is -2.44. The summed E-state index contributed by atoms with van der Waals surface area (Å²) in [5.41, 5.74) is 2.15. The largest absolute Gasteiger partial charge is 0.508 e. The molecule has 5 heteroatoms. The number of aromatic hydroxyl groups is 1. The first kappa shape index (κ1) is 17.5. The van der Waals surface area contributed by atoms with Gasteiger partial charge in [-0.1, -0.05) is 30.8 Å². The molecule has 2 aromatic rings. The number of Topliss-reactive ketones (excluding diaryl/α,β-unsaturated/α-hetero) is 1. The number of carbonyl (C=O) groups excluding carboxylic acids is 1. The summed E-state index contributed by atoms with van der Waals surface area (Å²) in [5, 5.41) is 9.89. The number of phenols is 1. The van der Waals surface area contributed by atoms with E-state index in [1.807, 2.05) is 30.3 Å². The van der Waals surface area contributed by atoms with Crippen molar-refractivity contribution in [2.24, 2.45) is 0 Å². The Morgan fingerprint density at radius 2 is 1.85 bits per heavy atom. The molecule has 4 rings (SSSR count). The quantitative estimate of drug-likeness (QED) is 0.902. The van der Waals surface area contributed by atoms with Crippen LogP contribution < -0.4 is 9.80 Å². The van der Waals surface area contributed by atoms with Crippen molar-refractivity contribution in [3.8, 4) is 5.75 Å². The number of anilines is 2. The summed E-state index contributed by atoms with van der Waals surface area (Å²) in [6.07, 6.45) is 0.487. The number of ether oxygens (including phenoxy) is 1. The lowest BCUT2D eigenvalue weighted by Crippen LogP contribution is -2.54. The standard InChI is InChI=1S/C22H24N2O3/c1-16-12-21(26)22(27-16)14-19-15-23(17-6-3-2-4-7-17)10-11-24(19)18-8-5-9-20(25)13-18/h2-9,13,19,22,25H,1,10-12,14-15H2. The van der Waals surface area contributed by atoms with Crippen LogP contribution in [-0.2, 0) is 9.53 Å². The third-order valence-corrected chi connectivity index (χ3v) is 5.29. The molecule has 2 aromatic carbocycles. The molecule has 0 bridgehead atoms. The Bertz CT molecular complexity index is 836. The van der Waals surface area contributed by atoms with Gasteiger partial charge in [-0.3, -0.25) is 4.79 Å². The highest BCUT2D eigenvalue weighted by Gasteiger charge is 2.36. The van der Waals surface area contributed by atoms with Crippen LogP contribution in [0.4, 0.5) is 11.4 Å². The Balaban J connectivity index is 1.58. The van der Waals surface area contributed by atoms with E-state index in [0.29, 0.717) is 18.6 Å². The van der Waals surface area contributed by atoms with Crippen LogP contribution in [0.5, 0.6) is 5.75 Å². The predicted molar refractivity (Wildman–Crippen MR) is 106 cm³/mol.